The normalized spacial score (nSPS) is 34.3. The van der Waals surface area contributed by atoms with Gasteiger partial charge in [-0.2, -0.15) is 0 Å². The summed E-state index contributed by atoms with van der Waals surface area (Å²) < 4.78 is 22.0. The van der Waals surface area contributed by atoms with Gasteiger partial charge in [0, 0.05) is 18.5 Å². The molecule has 2 aliphatic heterocycles. The topological polar surface area (TPSA) is 83.5 Å². The van der Waals surface area contributed by atoms with Gasteiger partial charge in [0.25, 0.3) is 0 Å². The second kappa shape index (κ2) is 2.45. The Bertz CT molecular complexity index is 336. The molecule has 2 heterocycles. The Morgan fingerprint density at radius 3 is 2.54 bits per heavy atom. The molecule has 0 amide bonds. The highest BCUT2D eigenvalue weighted by Crippen LogP contribution is 2.42. The molecule has 0 aromatic carbocycles. The van der Waals surface area contributed by atoms with Gasteiger partial charge in [-0.3, -0.25) is 4.79 Å². The summed E-state index contributed by atoms with van der Waals surface area (Å²) in [5.74, 6) is -1.36. The molecule has 0 saturated carbocycles. The molecule has 0 aromatic rings. The molecule has 6 heteroatoms. The van der Waals surface area contributed by atoms with E-state index in [9.17, 15) is 13.2 Å². The fourth-order valence-corrected chi connectivity index (χ4v) is 4.57. The van der Waals surface area contributed by atoms with Crippen LogP contribution >= 0.6 is 0 Å². The van der Waals surface area contributed by atoms with Crippen LogP contribution in [-0.4, -0.2) is 44.1 Å². The summed E-state index contributed by atoms with van der Waals surface area (Å²) in [5.41, 5.74) is -0.509. The van der Waals surface area contributed by atoms with E-state index in [1.165, 1.54) is 0 Å². The molecule has 13 heavy (non-hydrogen) atoms. The van der Waals surface area contributed by atoms with Crippen LogP contribution in [0.25, 0.3) is 0 Å². The minimum atomic E-state index is -2.94. The van der Waals surface area contributed by atoms with Gasteiger partial charge in [-0.05, 0) is 0 Å². The average molecular weight is 205 g/mol. The Morgan fingerprint density at radius 1 is 1.46 bits per heavy atom. The average Bonchev–Trinajstić information content (AvgIpc) is 2.28. The summed E-state index contributed by atoms with van der Waals surface area (Å²) in [6.07, 6.45) is 0. The van der Waals surface area contributed by atoms with Crippen molar-refractivity contribution < 1.29 is 18.3 Å². The van der Waals surface area contributed by atoms with Crippen molar-refractivity contribution in [3.05, 3.63) is 0 Å². The van der Waals surface area contributed by atoms with E-state index in [1.54, 1.807) is 0 Å². The highest BCUT2D eigenvalue weighted by molar-refractivity contribution is 7.92. The lowest BCUT2D eigenvalue weighted by Crippen LogP contribution is -2.55. The zero-order chi connectivity index (χ0) is 9.69. The van der Waals surface area contributed by atoms with Gasteiger partial charge in [0.1, 0.15) is 0 Å². The van der Waals surface area contributed by atoms with Crippen LogP contribution in [0, 0.1) is 11.3 Å². The van der Waals surface area contributed by atoms with Crippen LogP contribution < -0.4 is 5.32 Å². The van der Waals surface area contributed by atoms with Crippen molar-refractivity contribution in [1.82, 2.24) is 5.32 Å². The largest absolute Gasteiger partial charge is 0.481 e. The summed E-state index contributed by atoms with van der Waals surface area (Å²) in [6, 6.07) is 0. The highest BCUT2D eigenvalue weighted by Gasteiger charge is 2.58. The maximum absolute atomic E-state index is 11.0. The molecule has 74 valence electrons. The van der Waals surface area contributed by atoms with Gasteiger partial charge < -0.3 is 10.4 Å². The van der Waals surface area contributed by atoms with Crippen molar-refractivity contribution in [2.75, 3.05) is 24.6 Å². The van der Waals surface area contributed by atoms with Crippen LogP contribution in [0.15, 0.2) is 0 Å². The summed E-state index contributed by atoms with van der Waals surface area (Å²) in [5, 5.41) is 11.8. The molecule has 0 radical (unpaired) electrons. The molecule has 1 atom stereocenters. The molecule has 1 unspecified atom stereocenters. The van der Waals surface area contributed by atoms with Crippen LogP contribution in [0.3, 0.4) is 0 Å². The molecule has 0 bridgehead atoms. The number of nitrogens with one attached hydrogen (secondary N) is 1. The van der Waals surface area contributed by atoms with Gasteiger partial charge in [-0.25, -0.2) is 8.42 Å². The molecule has 0 aliphatic carbocycles. The Morgan fingerprint density at radius 2 is 2.08 bits per heavy atom. The Hall–Kier alpha value is -0.620. The first-order valence-corrected chi connectivity index (χ1v) is 5.91. The van der Waals surface area contributed by atoms with Crippen molar-refractivity contribution in [3.8, 4) is 0 Å². The molecular weight excluding hydrogens is 194 g/mol. The molecule has 2 rings (SSSR count). The van der Waals surface area contributed by atoms with E-state index in [4.69, 9.17) is 5.11 Å². The van der Waals surface area contributed by atoms with E-state index in [2.05, 4.69) is 5.32 Å². The zero-order valence-corrected chi connectivity index (χ0v) is 7.80. The van der Waals surface area contributed by atoms with Crippen LogP contribution in [0.5, 0.6) is 0 Å². The SMILES string of the molecule is O=C(O)C1CNCC12CS(=O)(=O)C2. The third kappa shape index (κ3) is 1.24. The molecule has 2 saturated heterocycles. The lowest BCUT2D eigenvalue weighted by molar-refractivity contribution is -0.144. The van der Waals surface area contributed by atoms with E-state index < -0.39 is 27.1 Å². The first-order valence-electron chi connectivity index (χ1n) is 4.09. The van der Waals surface area contributed by atoms with Crippen LogP contribution in [0.4, 0.5) is 0 Å². The fraction of sp³-hybridized carbons (Fsp3) is 0.857. The number of aliphatic carboxylic acids is 1. The van der Waals surface area contributed by atoms with E-state index >= 15 is 0 Å². The van der Waals surface area contributed by atoms with Crippen LogP contribution in [0.2, 0.25) is 0 Å². The minimum absolute atomic E-state index is 0.0317. The summed E-state index contributed by atoms with van der Waals surface area (Å²) in [4.78, 5) is 10.8. The maximum atomic E-state index is 11.0. The Balaban J connectivity index is 2.21. The number of carboxylic acid groups (broad SMARTS) is 1. The van der Waals surface area contributed by atoms with E-state index in [1.807, 2.05) is 0 Å². The van der Waals surface area contributed by atoms with Gasteiger partial charge in [0.2, 0.25) is 0 Å². The van der Waals surface area contributed by atoms with Gasteiger partial charge in [-0.15, -0.1) is 0 Å². The van der Waals surface area contributed by atoms with Gasteiger partial charge in [0.15, 0.2) is 9.84 Å². The van der Waals surface area contributed by atoms with E-state index in [-0.39, 0.29) is 11.5 Å². The summed E-state index contributed by atoms with van der Waals surface area (Å²) >= 11 is 0. The number of rotatable bonds is 1. The number of hydrogen-bond acceptors (Lipinski definition) is 4. The molecule has 2 N–H and O–H groups in total. The number of hydrogen-bond donors (Lipinski definition) is 2. The lowest BCUT2D eigenvalue weighted by Gasteiger charge is -2.39. The number of carboxylic acids is 1. The summed E-state index contributed by atoms with van der Waals surface area (Å²) in [6.45, 7) is 0.911. The van der Waals surface area contributed by atoms with Crippen molar-refractivity contribution in [2.24, 2.45) is 11.3 Å². The first-order chi connectivity index (χ1) is 5.95. The van der Waals surface area contributed by atoms with Crippen molar-refractivity contribution in [3.63, 3.8) is 0 Å². The number of sulfone groups is 1. The molecule has 1 spiro atoms. The van der Waals surface area contributed by atoms with Crippen molar-refractivity contribution >= 4 is 15.8 Å². The summed E-state index contributed by atoms with van der Waals surface area (Å²) in [7, 11) is -2.94. The predicted octanol–water partition coefficient (Wildman–Crippen LogP) is -1.29. The van der Waals surface area contributed by atoms with Gasteiger partial charge in [-0.1, -0.05) is 0 Å². The highest BCUT2D eigenvalue weighted by atomic mass is 32.2. The zero-order valence-electron chi connectivity index (χ0n) is 6.99. The second-order valence-electron chi connectivity index (χ2n) is 3.92. The third-order valence-electron chi connectivity index (χ3n) is 2.88. The van der Waals surface area contributed by atoms with Crippen molar-refractivity contribution in [2.45, 2.75) is 0 Å². The van der Waals surface area contributed by atoms with E-state index in [0.717, 1.165) is 0 Å². The molecule has 0 aromatic heterocycles. The lowest BCUT2D eigenvalue weighted by atomic mass is 9.81. The molecule has 2 fully saturated rings. The maximum Gasteiger partial charge on any atom is 0.308 e. The number of carbonyl (C=O) groups is 1. The monoisotopic (exact) mass is 205 g/mol. The molecule has 5 nitrogen and oxygen atoms in total. The molecular formula is C7H11NO4S. The standard InChI is InChI=1S/C7H11NO4S/c9-6(10)5-1-8-2-7(5)3-13(11,12)4-7/h5,8H,1-4H2,(H,9,10). The van der Waals surface area contributed by atoms with Crippen LogP contribution in [-0.2, 0) is 14.6 Å². The second-order valence-corrected chi connectivity index (χ2v) is 5.98. The van der Waals surface area contributed by atoms with Gasteiger partial charge >= 0.3 is 5.97 Å². The smallest absolute Gasteiger partial charge is 0.308 e. The van der Waals surface area contributed by atoms with E-state index in [0.29, 0.717) is 13.1 Å². The Kier molecular flexibility index (Phi) is 1.69. The fourth-order valence-electron chi connectivity index (χ4n) is 2.29. The molecule has 2 aliphatic rings. The minimum Gasteiger partial charge on any atom is -0.481 e. The van der Waals surface area contributed by atoms with Gasteiger partial charge in [0.05, 0.1) is 17.4 Å². The van der Waals surface area contributed by atoms with Crippen molar-refractivity contribution in [1.29, 1.82) is 0 Å². The first kappa shape index (κ1) is 8.96. The Labute approximate surface area is 76.0 Å². The third-order valence-corrected chi connectivity index (χ3v) is 4.91. The quantitative estimate of drug-likeness (QED) is 0.556. The van der Waals surface area contributed by atoms with Crippen LogP contribution in [0.1, 0.15) is 0 Å². The predicted molar refractivity (Wildman–Crippen MR) is 45.1 cm³/mol.